The van der Waals surface area contributed by atoms with Crippen LogP contribution in [0.5, 0.6) is 0 Å². The molecule has 0 aliphatic carbocycles. The van der Waals surface area contributed by atoms with Crippen LogP contribution in [-0.4, -0.2) is 23.1 Å². The van der Waals surface area contributed by atoms with E-state index in [0.29, 0.717) is 5.82 Å². The zero-order valence-corrected chi connectivity index (χ0v) is 10.3. The molecule has 1 aromatic rings. The van der Waals surface area contributed by atoms with E-state index in [4.69, 9.17) is 5.73 Å². The van der Waals surface area contributed by atoms with Crippen molar-refractivity contribution in [1.82, 2.24) is 9.97 Å². The summed E-state index contributed by atoms with van der Waals surface area (Å²) in [5.74, 6) is 3.73. The van der Waals surface area contributed by atoms with Gasteiger partial charge in [0.05, 0.1) is 0 Å². The SMILES string of the molecule is Cc1nc(N)cc(N2C[C@H](C)C[C@@H](C)C2)n1. The average Bonchev–Trinajstić information content (AvgIpc) is 2.14. The molecule has 88 valence electrons. The van der Waals surface area contributed by atoms with Crippen LogP contribution < -0.4 is 10.6 Å². The minimum absolute atomic E-state index is 0.563. The molecule has 0 aromatic carbocycles. The molecule has 1 saturated heterocycles. The molecule has 16 heavy (non-hydrogen) atoms. The van der Waals surface area contributed by atoms with E-state index in [1.807, 2.05) is 13.0 Å². The van der Waals surface area contributed by atoms with Crippen LogP contribution in [0.25, 0.3) is 0 Å². The van der Waals surface area contributed by atoms with Gasteiger partial charge in [0.2, 0.25) is 0 Å². The van der Waals surface area contributed by atoms with Crippen LogP contribution in [0.2, 0.25) is 0 Å². The zero-order valence-electron chi connectivity index (χ0n) is 10.3. The second-order valence-electron chi connectivity index (χ2n) is 5.05. The summed E-state index contributed by atoms with van der Waals surface area (Å²) in [4.78, 5) is 10.9. The second-order valence-corrected chi connectivity index (χ2v) is 5.05. The minimum Gasteiger partial charge on any atom is -0.384 e. The van der Waals surface area contributed by atoms with E-state index >= 15 is 0 Å². The van der Waals surface area contributed by atoms with E-state index in [-0.39, 0.29) is 0 Å². The number of nitrogen functional groups attached to an aromatic ring is 1. The summed E-state index contributed by atoms with van der Waals surface area (Å²) in [7, 11) is 0. The molecule has 2 N–H and O–H groups in total. The average molecular weight is 220 g/mol. The highest BCUT2D eigenvalue weighted by Crippen LogP contribution is 2.25. The Kier molecular flexibility index (Phi) is 2.99. The highest BCUT2D eigenvalue weighted by Gasteiger charge is 2.23. The first-order valence-corrected chi connectivity index (χ1v) is 5.90. The molecule has 0 radical (unpaired) electrons. The van der Waals surface area contributed by atoms with E-state index < -0.39 is 0 Å². The fraction of sp³-hybridized carbons (Fsp3) is 0.667. The number of nitrogens with zero attached hydrogens (tertiary/aromatic N) is 3. The van der Waals surface area contributed by atoms with Crippen molar-refractivity contribution < 1.29 is 0 Å². The maximum atomic E-state index is 5.76. The summed E-state index contributed by atoms with van der Waals surface area (Å²) in [5.41, 5.74) is 5.76. The lowest BCUT2D eigenvalue weighted by molar-refractivity contribution is 0.355. The summed E-state index contributed by atoms with van der Waals surface area (Å²) in [5, 5.41) is 0. The molecule has 1 aliphatic heterocycles. The Balaban J connectivity index is 2.22. The van der Waals surface area contributed by atoms with Gasteiger partial charge in [-0.2, -0.15) is 0 Å². The van der Waals surface area contributed by atoms with Crippen molar-refractivity contribution in [2.75, 3.05) is 23.7 Å². The molecule has 2 heterocycles. The lowest BCUT2D eigenvalue weighted by Crippen LogP contribution is -2.39. The van der Waals surface area contributed by atoms with Gasteiger partial charge in [-0.15, -0.1) is 0 Å². The van der Waals surface area contributed by atoms with Crippen molar-refractivity contribution in [3.05, 3.63) is 11.9 Å². The van der Waals surface area contributed by atoms with Gasteiger partial charge in [-0.1, -0.05) is 13.8 Å². The largest absolute Gasteiger partial charge is 0.384 e. The second kappa shape index (κ2) is 4.28. The Morgan fingerprint density at radius 1 is 1.25 bits per heavy atom. The molecule has 1 fully saturated rings. The van der Waals surface area contributed by atoms with Crippen LogP contribution in [0.15, 0.2) is 6.07 Å². The van der Waals surface area contributed by atoms with Crippen LogP contribution in [0, 0.1) is 18.8 Å². The fourth-order valence-electron chi connectivity index (χ4n) is 2.59. The summed E-state index contributed by atoms with van der Waals surface area (Å²) in [6.45, 7) is 8.61. The number of rotatable bonds is 1. The number of hydrogen-bond acceptors (Lipinski definition) is 4. The molecule has 0 bridgehead atoms. The van der Waals surface area contributed by atoms with Crippen molar-refractivity contribution >= 4 is 11.6 Å². The van der Waals surface area contributed by atoms with Gasteiger partial charge in [0.15, 0.2) is 0 Å². The third kappa shape index (κ3) is 2.43. The van der Waals surface area contributed by atoms with Gasteiger partial charge >= 0.3 is 0 Å². The summed E-state index contributed by atoms with van der Waals surface area (Å²) in [6, 6.07) is 1.87. The maximum absolute atomic E-state index is 5.76. The van der Waals surface area contributed by atoms with Crippen molar-refractivity contribution in [1.29, 1.82) is 0 Å². The Labute approximate surface area is 96.9 Å². The van der Waals surface area contributed by atoms with Gasteiger partial charge in [0.1, 0.15) is 17.5 Å². The van der Waals surface area contributed by atoms with Crippen LogP contribution in [0.3, 0.4) is 0 Å². The van der Waals surface area contributed by atoms with Crippen LogP contribution in [0.4, 0.5) is 11.6 Å². The first-order valence-electron chi connectivity index (χ1n) is 5.90. The lowest BCUT2D eigenvalue weighted by atomic mass is 9.92. The van der Waals surface area contributed by atoms with Crippen molar-refractivity contribution in [3.63, 3.8) is 0 Å². The quantitative estimate of drug-likeness (QED) is 0.784. The number of aryl methyl sites for hydroxylation is 1. The van der Waals surface area contributed by atoms with Crippen LogP contribution in [0.1, 0.15) is 26.1 Å². The highest BCUT2D eigenvalue weighted by atomic mass is 15.2. The van der Waals surface area contributed by atoms with E-state index in [9.17, 15) is 0 Å². The molecule has 2 rings (SSSR count). The van der Waals surface area contributed by atoms with E-state index in [0.717, 1.165) is 36.6 Å². The molecule has 4 heteroatoms. The molecule has 4 nitrogen and oxygen atoms in total. The van der Waals surface area contributed by atoms with Crippen molar-refractivity contribution in [3.8, 4) is 0 Å². The van der Waals surface area contributed by atoms with Gasteiger partial charge in [0.25, 0.3) is 0 Å². The monoisotopic (exact) mass is 220 g/mol. The van der Waals surface area contributed by atoms with E-state index in [1.165, 1.54) is 6.42 Å². The van der Waals surface area contributed by atoms with Gasteiger partial charge in [-0.25, -0.2) is 9.97 Å². The number of nitrogens with two attached hydrogens (primary N) is 1. The van der Waals surface area contributed by atoms with Gasteiger partial charge in [-0.3, -0.25) is 0 Å². The molecule has 1 aliphatic rings. The normalized spacial score (nSPS) is 25.8. The Morgan fingerprint density at radius 2 is 1.88 bits per heavy atom. The number of aromatic nitrogens is 2. The zero-order chi connectivity index (χ0) is 11.7. The van der Waals surface area contributed by atoms with Crippen LogP contribution >= 0.6 is 0 Å². The molecule has 0 spiro atoms. The number of hydrogen-bond donors (Lipinski definition) is 1. The molecule has 1 aromatic heterocycles. The predicted molar refractivity (Wildman–Crippen MR) is 66.3 cm³/mol. The summed E-state index contributed by atoms with van der Waals surface area (Å²) in [6.07, 6.45) is 1.30. The topological polar surface area (TPSA) is 55.0 Å². The smallest absolute Gasteiger partial charge is 0.134 e. The Hall–Kier alpha value is -1.32. The molecule has 0 amide bonds. The Morgan fingerprint density at radius 3 is 2.44 bits per heavy atom. The number of piperidine rings is 1. The fourth-order valence-corrected chi connectivity index (χ4v) is 2.59. The van der Waals surface area contributed by atoms with Gasteiger partial charge in [-0.05, 0) is 25.2 Å². The standard InChI is InChI=1S/C12H20N4/c1-8-4-9(2)7-16(6-8)12-5-11(13)14-10(3)15-12/h5,8-9H,4,6-7H2,1-3H3,(H2,13,14,15)/t8-,9-/m1/s1. The van der Waals surface area contributed by atoms with E-state index in [1.54, 1.807) is 0 Å². The molecule has 2 atom stereocenters. The molecule has 0 saturated carbocycles. The Bertz CT molecular complexity index is 347. The third-order valence-electron chi connectivity index (χ3n) is 3.04. The predicted octanol–water partition coefficient (Wildman–Crippen LogP) is 1.85. The highest BCUT2D eigenvalue weighted by molar-refractivity contribution is 5.47. The molecular formula is C12H20N4. The summed E-state index contributed by atoms with van der Waals surface area (Å²) >= 11 is 0. The molecule has 0 unspecified atom stereocenters. The maximum Gasteiger partial charge on any atom is 0.134 e. The number of anilines is 2. The summed E-state index contributed by atoms with van der Waals surface area (Å²) < 4.78 is 0. The molecular weight excluding hydrogens is 200 g/mol. The third-order valence-corrected chi connectivity index (χ3v) is 3.04. The van der Waals surface area contributed by atoms with E-state index in [2.05, 4.69) is 28.7 Å². The first-order chi connectivity index (χ1) is 7.54. The van der Waals surface area contributed by atoms with Crippen LogP contribution in [-0.2, 0) is 0 Å². The van der Waals surface area contributed by atoms with Crippen molar-refractivity contribution in [2.24, 2.45) is 11.8 Å². The minimum atomic E-state index is 0.563. The van der Waals surface area contributed by atoms with Crippen molar-refractivity contribution in [2.45, 2.75) is 27.2 Å². The van der Waals surface area contributed by atoms with Gasteiger partial charge in [0, 0.05) is 19.2 Å². The van der Waals surface area contributed by atoms with Gasteiger partial charge < -0.3 is 10.6 Å². The lowest BCUT2D eigenvalue weighted by Gasteiger charge is -2.35. The first kappa shape index (κ1) is 11.2.